The van der Waals surface area contributed by atoms with Gasteiger partial charge in [-0.05, 0) is 43.1 Å². The van der Waals surface area contributed by atoms with Gasteiger partial charge >= 0.3 is 0 Å². The third-order valence-corrected chi connectivity index (χ3v) is 5.38. The van der Waals surface area contributed by atoms with Crippen molar-refractivity contribution in [2.24, 2.45) is 22.9 Å². The second-order valence-corrected chi connectivity index (χ2v) is 7.00. The zero-order chi connectivity index (χ0) is 16.1. The number of nitrogens with one attached hydrogen (secondary N) is 1. The zero-order valence-corrected chi connectivity index (χ0v) is 14.1. The third kappa shape index (κ3) is 4.01. The Bertz CT molecular complexity index is 540. The van der Waals surface area contributed by atoms with Gasteiger partial charge in [0.15, 0.2) is 0 Å². The summed E-state index contributed by atoms with van der Waals surface area (Å²) in [6.45, 7) is 2.20. The predicted octanol–water partition coefficient (Wildman–Crippen LogP) is 4.52. The van der Waals surface area contributed by atoms with Crippen molar-refractivity contribution in [3.8, 4) is 0 Å². The lowest BCUT2D eigenvalue weighted by molar-refractivity contribution is -0.122. The minimum Gasteiger partial charge on any atom is -0.273 e. The molecule has 0 radical (unpaired) electrons. The highest BCUT2D eigenvalue weighted by Gasteiger charge is 2.54. The van der Waals surface area contributed by atoms with Crippen LogP contribution in [0.4, 0.5) is 0 Å². The highest BCUT2D eigenvalue weighted by Crippen LogP contribution is 2.55. The highest BCUT2D eigenvalue weighted by molar-refractivity contribution is 6.01. The Morgan fingerprint density at radius 1 is 1.13 bits per heavy atom. The molecule has 2 aliphatic carbocycles. The van der Waals surface area contributed by atoms with Gasteiger partial charge in [-0.15, -0.1) is 0 Å². The summed E-state index contributed by atoms with van der Waals surface area (Å²) < 4.78 is 0. The lowest BCUT2D eigenvalue weighted by Gasteiger charge is -2.07. The van der Waals surface area contributed by atoms with Crippen LogP contribution in [0.15, 0.2) is 35.4 Å². The Labute approximate surface area is 139 Å². The molecular weight excluding hydrogens is 284 g/mol. The van der Waals surface area contributed by atoms with Gasteiger partial charge < -0.3 is 0 Å². The molecule has 2 aliphatic rings. The molecule has 0 spiro atoms. The quantitative estimate of drug-likeness (QED) is 0.449. The SMILES string of the molecule is CCCCCC(=NNC(=O)C1[C@H]2CCCC[C@@H]12)c1ccccc1. The molecule has 23 heavy (non-hydrogen) atoms. The van der Waals surface area contributed by atoms with E-state index < -0.39 is 0 Å². The van der Waals surface area contributed by atoms with Crippen LogP contribution in [0.2, 0.25) is 0 Å². The zero-order valence-electron chi connectivity index (χ0n) is 14.1. The Kier molecular flexibility index (Phi) is 5.47. The molecule has 3 atom stereocenters. The van der Waals surface area contributed by atoms with E-state index >= 15 is 0 Å². The summed E-state index contributed by atoms with van der Waals surface area (Å²) in [5.41, 5.74) is 5.01. The number of hydrazone groups is 1. The highest BCUT2D eigenvalue weighted by atomic mass is 16.2. The van der Waals surface area contributed by atoms with Gasteiger partial charge in [0, 0.05) is 5.92 Å². The van der Waals surface area contributed by atoms with Gasteiger partial charge in [-0.3, -0.25) is 4.79 Å². The maximum Gasteiger partial charge on any atom is 0.243 e. The van der Waals surface area contributed by atoms with Crippen LogP contribution in [-0.4, -0.2) is 11.6 Å². The summed E-state index contributed by atoms with van der Waals surface area (Å²) in [5.74, 6) is 1.65. The normalized spacial score (nSPS) is 26.5. The molecule has 3 heteroatoms. The Hall–Kier alpha value is -1.64. The topological polar surface area (TPSA) is 41.5 Å². The fourth-order valence-electron chi connectivity index (χ4n) is 4.02. The molecule has 3 rings (SSSR count). The maximum atomic E-state index is 12.4. The van der Waals surface area contributed by atoms with Crippen LogP contribution >= 0.6 is 0 Å². The first-order valence-electron chi connectivity index (χ1n) is 9.23. The maximum absolute atomic E-state index is 12.4. The molecule has 0 aromatic heterocycles. The number of benzene rings is 1. The van der Waals surface area contributed by atoms with Crippen molar-refractivity contribution < 1.29 is 4.79 Å². The largest absolute Gasteiger partial charge is 0.273 e. The lowest BCUT2D eigenvalue weighted by Crippen LogP contribution is -2.23. The first-order valence-corrected chi connectivity index (χ1v) is 9.23. The molecule has 0 bridgehead atoms. The molecule has 2 saturated carbocycles. The van der Waals surface area contributed by atoms with Gasteiger partial charge in [0.1, 0.15) is 0 Å². The number of unbranched alkanes of at least 4 members (excludes halogenated alkanes) is 2. The van der Waals surface area contributed by atoms with Crippen molar-refractivity contribution >= 4 is 11.6 Å². The van der Waals surface area contributed by atoms with Crippen LogP contribution in [0.25, 0.3) is 0 Å². The molecular formula is C20H28N2O. The van der Waals surface area contributed by atoms with E-state index in [-0.39, 0.29) is 11.8 Å². The summed E-state index contributed by atoms with van der Waals surface area (Å²) in [4.78, 5) is 12.4. The number of carbonyl (C=O) groups is 1. The van der Waals surface area contributed by atoms with Crippen LogP contribution in [0, 0.1) is 17.8 Å². The molecule has 3 nitrogen and oxygen atoms in total. The minimum absolute atomic E-state index is 0.144. The fraction of sp³-hybridized carbons (Fsp3) is 0.600. The molecule has 1 aromatic rings. The molecule has 1 aromatic carbocycles. The Balaban J connectivity index is 1.62. The molecule has 1 unspecified atom stereocenters. The van der Waals surface area contributed by atoms with E-state index in [9.17, 15) is 4.79 Å². The van der Waals surface area contributed by atoms with Crippen LogP contribution in [0.5, 0.6) is 0 Å². The van der Waals surface area contributed by atoms with Crippen molar-refractivity contribution in [1.29, 1.82) is 0 Å². The van der Waals surface area contributed by atoms with E-state index in [4.69, 9.17) is 0 Å². The van der Waals surface area contributed by atoms with Crippen LogP contribution in [0.1, 0.15) is 63.9 Å². The molecule has 0 heterocycles. The van der Waals surface area contributed by atoms with Crippen LogP contribution < -0.4 is 5.43 Å². The monoisotopic (exact) mass is 312 g/mol. The number of fused-ring (bicyclic) bond motifs is 1. The second kappa shape index (κ2) is 7.76. The van der Waals surface area contributed by atoms with Crippen LogP contribution in [-0.2, 0) is 4.79 Å². The van der Waals surface area contributed by atoms with E-state index in [0.717, 1.165) is 24.1 Å². The van der Waals surface area contributed by atoms with Gasteiger partial charge in [0.25, 0.3) is 0 Å². The number of hydrogen-bond donors (Lipinski definition) is 1. The van der Waals surface area contributed by atoms with Gasteiger partial charge in [0.05, 0.1) is 5.71 Å². The van der Waals surface area contributed by atoms with Crippen molar-refractivity contribution in [1.82, 2.24) is 5.43 Å². The lowest BCUT2D eigenvalue weighted by atomic mass is 10.0. The standard InChI is InChI=1S/C20H28N2O/c1-2-3-5-14-18(15-10-6-4-7-11-15)21-22-20(23)19-16-12-8-9-13-17(16)19/h4,6-7,10-11,16-17,19H,2-3,5,8-9,12-14H2,1H3,(H,22,23)/t16-,17+,19?. The molecule has 1 N–H and O–H groups in total. The summed E-state index contributed by atoms with van der Waals surface area (Å²) in [6, 6.07) is 10.2. The third-order valence-electron chi connectivity index (χ3n) is 5.38. The van der Waals surface area contributed by atoms with E-state index in [1.165, 1.54) is 38.5 Å². The average Bonchev–Trinajstić information content (AvgIpc) is 3.33. The van der Waals surface area contributed by atoms with Gasteiger partial charge in [-0.2, -0.15) is 5.10 Å². The first kappa shape index (κ1) is 16.2. The van der Waals surface area contributed by atoms with E-state index in [1.54, 1.807) is 0 Å². The summed E-state index contributed by atoms with van der Waals surface area (Å²) in [7, 11) is 0. The number of carbonyl (C=O) groups excluding carboxylic acids is 1. The van der Waals surface area contributed by atoms with Crippen molar-refractivity contribution in [2.75, 3.05) is 0 Å². The van der Waals surface area contributed by atoms with Crippen molar-refractivity contribution in [2.45, 2.75) is 58.3 Å². The number of amides is 1. The van der Waals surface area contributed by atoms with Gasteiger partial charge in [-0.1, -0.05) is 62.9 Å². The smallest absolute Gasteiger partial charge is 0.243 e. The fourth-order valence-corrected chi connectivity index (χ4v) is 4.02. The van der Waals surface area contributed by atoms with Crippen molar-refractivity contribution in [3.63, 3.8) is 0 Å². The minimum atomic E-state index is 0.144. The summed E-state index contributed by atoms with van der Waals surface area (Å²) in [5, 5.41) is 4.50. The molecule has 124 valence electrons. The molecule has 0 saturated heterocycles. The van der Waals surface area contributed by atoms with Crippen LogP contribution in [0.3, 0.4) is 0 Å². The summed E-state index contributed by atoms with van der Waals surface area (Å²) >= 11 is 0. The van der Waals surface area contributed by atoms with E-state index in [1.807, 2.05) is 18.2 Å². The average molecular weight is 312 g/mol. The number of rotatable bonds is 7. The Morgan fingerprint density at radius 2 is 1.83 bits per heavy atom. The molecule has 0 aliphatic heterocycles. The van der Waals surface area contributed by atoms with Gasteiger partial charge in [-0.25, -0.2) is 5.43 Å². The molecule has 1 amide bonds. The predicted molar refractivity (Wildman–Crippen MR) is 94.2 cm³/mol. The number of nitrogens with zero attached hydrogens (tertiary/aromatic N) is 1. The first-order chi connectivity index (χ1) is 11.3. The summed E-state index contributed by atoms with van der Waals surface area (Å²) in [6.07, 6.45) is 9.49. The van der Waals surface area contributed by atoms with E-state index in [0.29, 0.717) is 11.8 Å². The van der Waals surface area contributed by atoms with Crippen molar-refractivity contribution in [3.05, 3.63) is 35.9 Å². The second-order valence-electron chi connectivity index (χ2n) is 7.00. The molecule has 2 fully saturated rings. The number of hydrogen-bond acceptors (Lipinski definition) is 2. The Morgan fingerprint density at radius 3 is 2.48 bits per heavy atom. The van der Waals surface area contributed by atoms with Gasteiger partial charge in [0.2, 0.25) is 5.91 Å². The van der Waals surface area contributed by atoms with E-state index in [2.05, 4.69) is 29.6 Å².